The van der Waals surface area contributed by atoms with Crippen molar-refractivity contribution in [2.75, 3.05) is 19.8 Å². The fraction of sp³-hybridized carbons (Fsp3) is 0.261. The zero-order valence-electron chi connectivity index (χ0n) is 17.8. The van der Waals surface area contributed by atoms with Crippen LogP contribution in [0.15, 0.2) is 59.9 Å². The van der Waals surface area contributed by atoms with Crippen molar-refractivity contribution >= 4 is 15.7 Å². The van der Waals surface area contributed by atoms with Crippen molar-refractivity contribution in [2.24, 2.45) is 0 Å². The number of aliphatic hydroxyl groups excluding tert-OH is 1. The Bertz CT molecular complexity index is 1400. The fourth-order valence-corrected chi connectivity index (χ4v) is 5.13. The van der Waals surface area contributed by atoms with Crippen LogP contribution < -0.4 is 9.46 Å². The molecule has 9 nitrogen and oxygen atoms in total. The highest BCUT2D eigenvalue weighted by Gasteiger charge is 2.18. The molecule has 0 bridgehead atoms. The molecular weight excluding hydrogens is 442 g/mol. The van der Waals surface area contributed by atoms with Gasteiger partial charge in [-0.2, -0.15) is 0 Å². The van der Waals surface area contributed by atoms with Crippen molar-refractivity contribution in [2.45, 2.75) is 24.2 Å². The minimum absolute atomic E-state index is 0.0331. The van der Waals surface area contributed by atoms with Crippen LogP contribution in [-0.4, -0.2) is 52.9 Å². The van der Waals surface area contributed by atoms with Gasteiger partial charge in [-0.3, -0.25) is 4.40 Å². The van der Waals surface area contributed by atoms with E-state index in [4.69, 9.17) is 9.84 Å². The summed E-state index contributed by atoms with van der Waals surface area (Å²) in [5, 5.41) is 17.2. The standard InChI is InChI=1S/C23H23N5O4S/c29-12-11-26-33(30,31)18-7-4-17(5-8-18)20-14-24-22(28-15-25-27-23(20)28)9-6-16-2-1-3-21-19(16)10-13-32-21/h1-5,7-8,14-15,26,29H,6,9-13H2. The number of hydrogen-bond donors (Lipinski definition) is 2. The molecular formula is C23H23N5O4S. The smallest absolute Gasteiger partial charge is 0.240 e. The van der Waals surface area contributed by atoms with Crippen LogP contribution in [0, 0.1) is 0 Å². The first-order chi connectivity index (χ1) is 16.1. The second-order valence-corrected chi connectivity index (χ2v) is 9.52. The van der Waals surface area contributed by atoms with Gasteiger partial charge in [-0.05, 0) is 35.7 Å². The van der Waals surface area contributed by atoms with Gasteiger partial charge in [0.1, 0.15) is 17.9 Å². The monoisotopic (exact) mass is 465 g/mol. The average molecular weight is 466 g/mol. The number of hydrogen-bond acceptors (Lipinski definition) is 7. The van der Waals surface area contributed by atoms with Gasteiger partial charge in [0, 0.05) is 36.7 Å². The Kier molecular flexibility index (Phi) is 5.79. The Morgan fingerprint density at radius 1 is 1.12 bits per heavy atom. The van der Waals surface area contributed by atoms with E-state index < -0.39 is 10.0 Å². The topological polar surface area (TPSA) is 119 Å². The Hall–Kier alpha value is -3.34. The van der Waals surface area contributed by atoms with E-state index in [1.807, 2.05) is 16.5 Å². The lowest BCUT2D eigenvalue weighted by molar-refractivity contribution is 0.301. The third kappa shape index (κ3) is 4.20. The summed E-state index contributed by atoms with van der Waals surface area (Å²) in [4.78, 5) is 4.80. The molecule has 2 N–H and O–H groups in total. The van der Waals surface area contributed by atoms with Crippen molar-refractivity contribution in [1.29, 1.82) is 0 Å². The normalized spacial score (nSPS) is 13.2. The number of nitrogens with zero attached hydrogens (tertiary/aromatic N) is 4. The van der Waals surface area contributed by atoms with E-state index >= 15 is 0 Å². The van der Waals surface area contributed by atoms with Crippen LogP contribution in [-0.2, 0) is 29.3 Å². The van der Waals surface area contributed by atoms with E-state index in [2.05, 4.69) is 26.0 Å². The van der Waals surface area contributed by atoms with E-state index in [0.717, 1.165) is 48.6 Å². The quantitative estimate of drug-likeness (QED) is 0.407. The van der Waals surface area contributed by atoms with E-state index in [-0.39, 0.29) is 18.0 Å². The maximum absolute atomic E-state index is 12.2. The summed E-state index contributed by atoms with van der Waals surface area (Å²) < 4.78 is 34.4. The zero-order chi connectivity index (χ0) is 22.8. The van der Waals surface area contributed by atoms with Crippen LogP contribution >= 0.6 is 0 Å². The van der Waals surface area contributed by atoms with Gasteiger partial charge >= 0.3 is 0 Å². The van der Waals surface area contributed by atoms with E-state index in [1.54, 1.807) is 24.7 Å². The molecule has 0 aliphatic carbocycles. The van der Waals surface area contributed by atoms with Crippen LogP contribution in [0.1, 0.15) is 17.0 Å². The van der Waals surface area contributed by atoms with Gasteiger partial charge in [0.25, 0.3) is 0 Å². The number of ether oxygens (including phenoxy) is 1. The number of aryl methyl sites for hydroxylation is 2. The predicted octanol–water partition coefficient (Wildman–Crippen LogP) is 1.78. The second-order valence-electron chi connectivity index (χ2n) is 7.75. The molecule has 1 aliphatic rings. The van der Waals surface area contributed by atoms with Crippen molar-refractivity contribution < 1.29 is 18.3 Å². The molecule has 0 atom stereocenters. The number of rotatable bonds is 8. The highest BCUT2D eigenvalue weighted by Crippen LogP contribution is 2.29. The third-order valence-electron chi connectivity index (χ3n) is 5.75. The van der Waals surface area contributed by atoms with E-state index in [9.17, 15) is 8.42 Å². The highest BCUT2D eigenvalue weighted by molar-refractivity contribution is 7.89. The van der Waals surface area contributed by atoms with Gasteiger partial charge in [0.2, 0.25) is 10.0 Å². The molecule has 0 fully saturated rings. The first kappa shape index (κ1) is 21.5. The molecule has 33 heavy (non-hydrogen) atoms. The van der Waals surface area contributed by atoms with Crippen LogP contribution in [0.5, 0.6) is 5.75 Å². The van der Waals surface area contributed by atoms with Gasteiger partial charge < -0.3 is 9.84 Å². The van der Waals surface area contributed by atoms with Gasteiger partial charge in [-0.25, -0.2) is 18.1 Å². The first-order valence-corrected chi connectivity index (χ1v) is 12.2. The molecule has 0 saturated carbocycles. The van der Waals surface area contributed by atoms with E-state index in [0.29, 0.717) is 5.65 Å². The lowest BCUT2D eigenvalue weighted by atomic mass is 10.0. The molecule has 1 aliphatic heterocycles. The summed E-state index contributed by atoms with van der Waals surface area (Å²) in [7, 11) is -3.67. The lowest BCUT2D eigenvalue weighted by Gasteiger charge is -2.10. The third-order valence-corrected chi connectivity index (χ3v) is 7.22. The molecule has 0 amide bonds. The molecule has 3 heterocycles. The van der Waals surface area contributed by atoms with Crippen molar-refractivity contribution in [3.8, 4) is 16.9 Å². The minimum atomic E-state index is -3.67. The highest BCUT2D eigenvalue weighted by atomic mass is 32.2. The van der Waals surface area contributed by atoms with Crippen molar-refractivity contribution in [3.63, 3.8) is 0 Å². The van der Waals surface area contributed by atoms with Gasteiger partial charge in [0.15, 0.2) is 5.65 Å². The number of aromatic nitrogens is 4. The first-order valence-electron chi connectivity index (χ1n) is 10.7. The molecule has 5 rings (SSSR count). The number of sulfonamides is 1. The predicted molar refractivity (Wildman–Crippen MR) is 122 cm³/mol. The minimum Gasteiger partial charge on any atom is -0.493 e. The summed E-state index contributed by atoms with van der Waals surface area (Å²) in [6, 6.07) is 12.6. The Labute approximate surface area is 191 Å². The molecule has 0 unspecified atom stereocenters. The van der Waals surface area contributed by atoms with Gasteiger partial charge in [-0.15, -0.1) is 10.2 Å². The molecule has 0 saturated heterocycles. The maximum Gasteiger partial charge on any atom is 0.240 e. The number of fused-ring (bicyclic) bond motifs is 2. The molecule has 10 heteroatoms. The lowest BCUT2D eigenvalue weighted by Crippen LogP contribution is -2.26. The average Bonchev–Trinajstić information content (AvgIpc) is 3.51. The van der Waals surface area contributed by atoms with Crippen LogP contribution in [0.25, 0.3) is 16.8 Å². The molecule has 0 radical (unpaired) electrons. The summed E-state index contributed by atoms with van der Waals surface area (Å²) >= 11 is 0. The zero-order valence-corrected chi connectivity index (χ0v) is 18.6. The van der Waals surface area contributed by atoms with Gasteiger partial charge in [-0.1, -0.05) is 24.3 Å². The molecule has 2 aromatic carbocycles. The second kappa shape index (κ2) is 8.89. The Morgan fingerprint density at radius 2 is 1.97 bits per heavy atom. The number of benzene rings is 2. The van der Waals surface area contributed by atoms with Crippen LogP contribution in [0.3, 0.4) is 0 Å². The Morgan fingerprint density at radius 3 is 2.79 bits per heavy atom. The molecule has 2 aromatic heterocycles. The number of nitrogens with one attached hydrogen (secondary N) is 1. The SMILES string of the molecule is O=S(=O)(NCCO)c1ccc(-c2cnc(CCc3cccc4c3CCO4)n3cnnc23)cc1. The fourth-order valence-electron chi connectivity index (χ4n) is 4.11. The van der Waals surface area contributed by atoms with Crippen LogP contribution in [0.4, 0.5) is 0 Å². The molecule has 0 spiro atoms. The maximum atomic E-state index is 12.2. The molecule has 170 valence electrons. The Balaban J connectivity index is 1.40. The summed E-state index contributed by atoms with van der Waals surface area (Å²) in [5.74, 6) is 1.82. The molecule has 4 aromatic rings. The number of aliphatic hydroxyl groups is 1. The van der Waals surface area contributed by atoms with Crippen molar-refractivity contribution in [1.82, 2.24) is 24.3 Å². The summed E-state index contributed by atoms with van der Waals surface area (Å²) in [5.41, 5.74) is 4.75. The van der Waals surface area contributed by atoms with E-state index in [1.165, 1.54) is 23.3 Å². The summed E-state index contributed by atoms with van der Waals surface area (Å²) in [6.45, 7) is 0.432. The largest absolute Gasteiger partial charge is 0.493 e. The van der Waals surface area contributed by atoms with Gasteiger partial charge in [0.05, 0.1) is 18.1 Å². The summed E-state index contributed by atoms with van der Waals surface area (Å²) in [6.07, 6.45) is 5.89. The van der Waals surface area contributed by atoms with Crippen LogP contribution in [0.2, 0.25) is 0 Å². The van der Waals surface area contributed by atoms with Crippen molar-refractivity contribution in [3.05, 3.63) is 71.9 Å².